The molecule has 0 bridgehead atoms. The highest BCUT2D eigenvalue weighted by atomic mass is 16.5. The molecule has 1 N–H and O–H groups in total. The topological polar surface area (TPSA) is 85.5 Å². The Bertz CT molecular complexity index is 850. The van der Waals surface area contributed by atoms with E-state index in [4.69, 9.17) is 9.47 Å². The zero-order valence-corrected chi connectivity index (χ0v) is 15.6. The lowest BCUT2D eigenvalue weighted by Gasteiger charge is -2.13. The van der Waals surface area contributed by atoms with Crippen LogP contribution in [-0.2, 0) is 20.7 Å². The number of ether oxygens (including phenoxy) is 2. The van der Waals surface area contributed by atoms with E-state index in [0.29, 0.717) is 16.8 Å². The summed E-state index contributed by atoms with van der Waals surface area (Å²) in [5.41, 5.74) is 3.45. The maximum absolute atomic E-state index is 12.6. The highest BCUT2D eigenvalue weighted by Crippen LogP contribution is 2.21. The number of H-pyrrole nitrogens is 1. The van der Waals surface area contributed by atoms with Crippen molar-refractivity contribution in [2.45, 2.75) is 40.2 Å². The van der Waals surface area contributed by atoms with Gasteiger partial charge in [0.1, 0.15) is 0 Å². The van der Waals surface area contributed by atoms with Crippen LogP contribution in [0.2, 0.25) is 0 Å². The number of hydrogen-bond donors (Lipinski definition) is 1. The molecule has 0 radical (unpaired) electrons. The van der Waals surface area contributed by atoms with Gasteiger partial charge in [-0.2, -0.15) is 0 Å². The first kappa shape index (κ1) is 19.4. The number of aromatic nitrogens is 1. The highest BCUT2D eigenvalue weighted by molar-refractivity contribution is 6.04. The fourth-order valence-electron chi connectivity index (χ4n) is 2.86. The van der Waals surface area contributed by atoms with Crippen molar-refractivity contribution in [2.75, 3.05) is 7.11 Å². The molecule has 0 aliphatic rings. The Kier molecular flexibility index (Phi) is 5.97. The number of hydrogen-bond acceptors (Lipinski definition) is 5. The molecule has 0 saturated carbocycles. The van der Waals surface area contributed by atoms with Crippen LogP contribution in [0.5, 0.6) is 0 Å². The lowest BCUT2D eigenvalue weighted by Crippen LogP contribution is -2.26. The van der Waals surface area contributed by atoms with Crippen molar-refractivity contribution >= 4 is 17.7 Å². The van der Waals surface area contributed by atoms with Gasteiger partial charge in [0, 0.05) is 5.69 Å². The molecule has 1 unspecified atom stereocenters. The molecule has 1 aromatic heterocycles. The first-order chi connectivity index (χ1) is 12.3. The fourth-order valence-corrected chi connectivity index (χ4v) is 2.86. The minimum atomic E-state index is -0.964. The number of rotatable bonds is 6. The second kappa shape index (κ2) is 7.99. The van der Waals surface area contributed by atoms with Crippen molar-refractivity contribution in [3.63, 3.8) is 0 Å². The van der Waals surface area contributed by atoms with Gasteiger partial charge in [0.2, 0.25) is 5.78 Å². The van der Waals surface area contributed by atoms with Crippen LogP contribution in [0, 0.1) is 20.8 Å². The summed E-state index contributed by atoms with van der Waals surface area (Å²) in [6.07, 6.45) is -0.866. The van der Waals surface area contributed by atoms with E-state index in [9.17, 15) is 14.4 Å². The number of carbonyl (C=O) groups excluding carboxylic acids is 3. The second-order valence-electron chi connectivity index (χ2n) is 6.22. The molecular formula is C20H23NO5. The molecule has 0 fully saturated rings. The van der Waals surface area contributed by atoms with Gasteiger partial charge in [-0.1, -0.05) is 24.3 Å². The Morgan fingerprint density at radius 3 is 2.38 bits per heavy atom. The van der Waals surface area contributed by atoms with Gasteiger partial charge in [-0.25, -0.2) is 4.79 Å². The number of aryl methyl sites for hydroxylation is 2. The zero-order valence-electron chi connectivity index (χ0n) is 15.6. The molecule has 0 spiro atoms. The predicted octanol–water partition coefficient (Wildman–Crippen LogP) is 3.08. The van der Waals surface area contributed by atoms with Crippen LogP contribution in [0.1, 0.15) is 50.2 Å². The lowest BCUT2D eigenvalue weighted by atomic mass is 10.1. The average molecular weight is 357 g/mol. The SMILES string of the molecule is COC(=O)c1c(C)[nH]c(C(=O)C(C)OC(=O)Cc2ccccc2C)c1C. The van der Waals surface area contributed by atoms with Gasteiger partial charge in [0.15, 0.2) is 6.10 Å². The van der Waals surface area contributed by atoms with Crippen molar-refractivity contribution in [3.8, 4) is 0 Å². The van der Waals surface area contributed by atoms with Gasteiger partial charge in [0.25, 0.3) is 0 Å². The van der Waals surface area contributed by atoms with Gasteiger partial charge in [-0.3, -0.25) is 9.59 Å². The molecule has 138 valence electrons. The summed E-state index contributed by atoms with van der Waals surface area (Å²) in [6.45, 7) is 6.78. The number of carbonyl (C=O) groups is 3. The van der Waals surface area contributed by atoms with Gasteiger partial charge in [-0.15, -0.1) is 0 Å². The van der Waals surface area contributed by atoms with Gasteiger partial charge < -0.3 is 14.5 Å². The van der Waals surface area contributed by atoms with E-state index < -0.39 is 18.0 Å². The lowest BCUT2D eigenvalue weighted by molar-refractivity contribution is -0.145. The average Bonchev–Trinajstić information content (AvgIpc) is 2.90. The van der Waals surface area contributed by atoms with E-state index in [0.717, 1.165) is 11.1 Å². The maximum Gasteiger partial charge on any atom is 0.339 e. The Morgan fingerprint density at radius 2 is 1.77 bits per heavy atom. The molecule has 0 aliphatic heterocycles. The molecule has 0 amide bonds. The molecular weight excluding hydrogens is 334 g/mol. The molecule has 1 atom stereocenters. The van der Waals surface area contributed by atoms with Crippen molar-refractivity contribution in [1.29, 1.82) is 0 Å². The Labute approximate surface area is 152 Å². The van der Waals surface area contributed by atoms with Crippen LogP contribution >= 0.6 is 0 Å². The van der Waals surface area contributed by atoms with Crippen molar-refractivity contribution in [1.82, 2.24) is 4.98 Å². The third kappa shape index (κ3) is 4.02. The summed E-state index contributed by atoms with van der Waals surface area (Å²) in [5, 5.41) is 0. The van der Waals surface area contributed by atoms with Crippen LogP contribution in [0.3, 0.4) is 0 Å². The van der Waals surface area contributed by atoms with E-state index in [2.05, 4.69) is 4.98 Å². The summed E-state index contributed by atoms with van der Waals surface area (Å²) >= 11 is 0. The molecule has 0 saturated heterocycles. The number of aromatic amines is 1. The number of esters is 2. The quantitative estimate of drug-likeness (QED) is 0.634. The molecule has 6 heteroatoms. The minimum absolute atomic E-state index is 0.0977. The smallest absolute Gasteiger partial charge is 0.339 e. The number of benzene rings is 1. The molecule has 1 aromatic carbocycles. The first-order valence-electron chi connectivity index (χ1n) is 8.32. The van der Waals surface area contributed by atoms with Crippen LogP contribution in [-0.4, -0.2) is 35.9 Å². The molecule has 1 heterocycles. The van der Waals surface area contributed by atoms with E-state index in [1.54, 1.807) is 13.8 Å². The number of nitrogens with one attached hydrogen (secondary N) is 1. The summed E-state index contributed by atoms with van der Waals surface area (Å²) < 4.78 is 10.0. The summed E-state index contributed by atoms with van der Waals surface area (Å²) in [7, 11) is 1.28. The highest BCUT2D eigenvalue weighted by Gasteiger charge is 2.27. The van der Waals surface area contributed by atoms with E-state index in [1.807, 2.05) is 31.2 Å². The first-order valence-corrected chi connectivity index (χ1v) is 8.32. The number of Topliss-reactive ketones (excluding diaryl/α,β-unsaturated/α-hetero) is 1. The third-order valence-electron chi connectivity index (χ3n) is 4.35. The Balaban J connectivity index is 2.11. The van der Waals surface area contributed by atoms with Gasteiger partial charge in [-0.05, 0) is 44.4 Å². The van der Waals surface area contributed by atoms with Crippen molar-refractivity contribution in [2.24, 2.45) is 0 Å². The number of methoxy groups -OCH3 is 1. The van der Waals surface area contributed by atoms with Crippen molar-refractivity contribution < 1.29 is 23.9 Å². The van der Waals surface area contributed by atoms with Gasteiger partial charge >= 0.3 is 11.9 Å². The molecule has 2 rings (SSSR count). The van der Waals surface area contributed by atoms with E-state index in [-0.39, 0.29) is 17.9 Å². The Morgan fingerprint density at radius 1 is 1.12 bits per heavy atom. The molecule has 2 aromatic rings. The summed E-state index contributed by atoms with van der Waals surface area (Å²) in [6, 6.07) is 7.51. The fraction of sp³-hybridized carbons (Fsp3) is 0.350. The maximum atomic E-state index is 12.6. The molecule has 0 aliphatic carbocycles. The molecule has 26 heavy (non-hydrogen) atoms. The van der Waals surface area contributed by atoms with Crippen molar-refractivity contribution in [3.05, 3.63) is 57.9 Å². The van der Waals surface area contributed by atoms with Gasteiger partial charge in [0.05, 0.1) is 24.8 Å². The predicted molar refractivity (Wildman–Crippen MR) is 96.4 cm³/mol. The van der Waals surface area contributed by atoms with Crippen LogP contribution < -0.4 is 0 Å². The standard InChI is InChI=1S/C20H23NO5/c1-11-8-6-7-9-15(11)10-16(22)26-14(4)19(23)18-12(2)17(13(3)21-18)20(24)25-5/h6-9,14,21H,10H2,1-5H3. The molecule has 6 nitrogen and oxygen atoms in total. The van der Waals surface area contributed by atoms with E-state index in [1.165, 1.54) is 14.0 Å². The van der Waals surface area contributed by atoms with Crippen LogP contribution in [0.15, 0.2) is 24.3 Å². The summed E-state index contributed by atoms with van der Waals surface area (Å²) in [4.78, 5) is 39.5. The summed E-state index contributed by atoms with van der Waals surface area (Å²) in [5.74, 6) is -1.38. The Hall–Kier alpha value is -2.89. The van der Waals surface area contributed by atoms with E-state index >= 15 is 0 Å². The number of ketones is 1. The van der Waals surface area contributed by atoms with Crippen LogP contribution in [0.4, 0.5) is 0 Å². The normalized spacial score (nSPS) is 11.7. The third-order valence-corrected chi connectivity index (χ3v) is 4.35. The zero-order chi connectivity index (χ0) is 19.4. The van der Waals surface area contributed by atoms with Crippen LogP contribution in [0.25, 0.3) is 0 Å². The monoisotopic (exact) mass is 357 g/mol. The second-order valence-corrected chi connectivity index (χ2v) is 6.22. The largest absolute Gasteiger partial charge is 0.465 e. The minimum Gasteiger partial charge on any atom is -0.465 e.